The van der Waals surface area contributed by atoms with Crippen molar-refractivity contribution >= 4 is 5.97 Å². The number of hydrogen-bond acceptors (Lipinski definition) is 4. The number of piperazine rings is 1. The van der Waals surface area contributed by atoms with Gasteiger partial charge in [-0.3, -0.25) is 9.69 Å². The third-order valence-corrected chi connectivity index (χ3v) is 3.84. The number of rotatable bonds is 6. The zero-order valence-corrected chi connectivity index (χ0v) is 12.2. The van der Waals surface area contributed by atoms with Crippen LogP contribution in [0.2, 0.25) is 0 Å². The highest BCUT2D eigenvalue weighted by Gasteiger charge is 2.30. The fourth-order valence-corrected chi connectivity index (χ4v) is 2.66. The molecule has 0 aromatic carbocycles. The Kier molecular flexibility index (Phi) is 6.65. The lowest BCUT2D eigenvalue weighted by molar-refractivity contribution is -0.144. The predicted molar refractivity (Wildman–Crippen MR) is 73.6 cm³/mol. The number of carbonyl (C=O) groups excluding carboxylic acids is 1. The van der Waals surface area contributed by atoms with E-state index in [0.29, 0.717) is 25.1 Å². The van der Waals surface area contributed by atoms with Gasteiger partial charge in [0.1, 0.15) is 0 Å². The molecule has 0 aromatic rings. The van der Waals surface area contributed by atoms with Crippen molar-refractivity contribution in [2.24, 2.45) is 0 Å². The Hall–Kier alpha value is -0.610. The minimum Gasteiger partial charge on any atom is -0.466 e. The number of nitrogens with one attached hydrogen (secondary N) is 1. The number of carbonyl (C=O) groups is 1. The fourth-order valence-electron chi connectivity index (χ4n) is 2.66. The molecule has 0 radical (unpaired) electrons. The normalized spacial score (nSPS) is 26.9. The first-order chi connectivity index (χ1) is 8.62. The Bertz CT molecular complexity index is 258. The van der Waals surface area contributed by atoms with Crippen LogP contribution < -0.4 is 5.32 Å². The van der Waals surface area contributed by atoms with Gasteiger partial charge in [0, 0.05) is 31.2 Å². The van der Waals surface area contributed by atoms with Crippen molar-refractivity contribution in [1.82, 2.24) is 10.2 Å². The van der Waals surface area contributed by atoms with E-state index in [0.717, 1.165) is 25.9 Å². The molecule has 0 aromatic heterocycles. The average Bonchev–Trinajstić information content (AvgIpc) is 2.38. The lowest BCUT2D eigenvalue weighted by atomic mass is 10.0. The van der Waals surface area contributed by atoms with Crippen molar-refractivity contribution in [2.45, 2.75) is 65.1 Å². The van der Waals surface area contributed by atoms with Crippen LogP contribution in [0.3, 0.4) is 0 Å². The Labute approximate surface area is 111 Å². The van der Waals surface area contributed by atoms with Gasteiger partial charge >= 0.3 is 5.97 Å². The van der Waals surface area contributed by atoms with Gasteiger partial charge in [0.05, 0.1) is 13.0 Å². The van der Waals surface area contributed by atoms with E-state index in [9.17, 15) is 4.79 Å². The van der Waals surface area contributed by atoms with Gasteiger partial charge in [-0.15, -0.1) is 0 Å². The molecule has 0 spiro atoms. The first-order valence-corrected chi connectivity index (χ1v) is 7.27. The highest BCUT2D eigenvalue weighted by molar-refractivity contribution is 5.70. The van der Waals surface area contributed by atoms with Gasteiger partial charge in [-0.05, 0) is 26.7 Å². The Morgan fingerprint density at radius 1 is 1.39 bits per heavy atom. The minimum absolute atomic E-state index is 0.0774. The second-order valence-electron chi connectivity index (χ2n) is 5.13. The van der Waals surface area contributed by atoms with Gasteiger partial charge in [-0.2, -0.15) is 0 Å². The van der Waals surface area contributed by atoms with Crippen molar-refractivity contribution in [3.63, 3.8) is 0 Å². The van der Waals surface area contributed by atoms with Gasteiger partial charge in [-0.1, -0.05) is 13.8 Å². The molecule has 4 heteroatoms. The van der Waals surface area contributed by atoms with Gasteiger partial charge in [-0.25, -0.2) is 0 Å². The number of ether oxygens (including phenoxy) is 1. The predicted octanol–water partition coefficient (Wildman–Crippen LogP) is 1.79. The van der Waals surface area contributed by atoms with Crippen LogP contribution in [0.1, 0.15) is 47.0 Å². The second-order valence-corrected chi connectivity index (χ2v) is 5.13. The van der Waals surface area contributed by atoms with Gasteiger partial charge in [0.2, 0.25) is 0 Å². The van der Waals surface area contributed by atoms with Crippen LogP contribution in [0, 0.1) is 0 Å². The summed E-state index contributed by atoms with van der Waals surface area (Å²) in [5.74, 6) is -0.0774. The van der Waals surface area contributed by atoms with E-state index >= 15 is 0 Å². The summed E-state index contributed by atoms with van der Waals surface area (Å²) in [5, 5.41) is 3.58. The molecule has 1 aliphatic rings. The van der Waals surface area contributed by atoms with Crippen LogP contribution in [0.4, 0.5) is 0 Å². The van der Waals surface area contributed by atoms with E-state index in [4.69, 9.17) is 4.74 Å². The average molecular weight is 256 g/mol. The molecule has 0 amide bonds. The molecule has 1 N–H and O–H groups in total. The van der Waals surface area contributed by atoms with Crippen molar-refractivity contribution in [1.29, 1.82) is 0 Å². The summed E-state index contributed by atoms with van der Waals surface area (Å²) in [5.41, 5.74) is 0. The van der Waals surface area contributed by atoms with Crippen LogP contribution in [0.15, 0.2) is 0 Å². The molecule has 1 fully saturated rings. The van der Waals surface area contributed by atoms with Crippen molar-refractivity contribution in [3.05, 3.63) is 0 Å². The number of nitrogens with zero attached hydrogens (tertiary/aromatic N) is 1. The summed E-state index contributed by atoms with van der Waals surface area (Å²) >= 11 is 0. The molecule has 0 saturated carbocycles. The van der Waals surface area contributed by atoms with Crippen molar-refractivity contribution < 1.29 is 9.53 Å². The summed E-state index contributed by atoms with van der Waals surface area (Å²) < 4.78 is 5.04. The van der Waals surface area contributed by atoms with Crippen LogP contribution in [0.5, 0.6) is 0 Å². The topological polar surface area (TPSA) is 41.6 Å². The fraction of sp³-hybridized carbons (Fsp3) is 0.929. The molecule has 3 unspecified atom stereocenters. The molecule has 3 atom stereocenters. The highest BCUT2D eigenvalue weighted by Crippen LogP contribution is 2.17. The van der Waals surface area contributed by atoms with Gasteiger partial charge < -0.3 is 10.1 Å². The molecule has 1 aliphatic heterocycles. The molecular formula is C14H28N2O2. The van der Waals surface area contributed by atoms with E-state index in [1.54, 1.807) is 0 Å². The Balaban J connectivity index is 2.55. The quantitative estimate of drug-likeness (QED) is 0.736. The molecule has 1 heterocycles. The molecule has 106 valence electrons. The van der Waals surface area contributed by atoms with Crippen LogP contribution in [-0.2, 0) is 9.53 Å². The lowest BCUT2D eigenvalue weighted by Crippen LogP contribution is -2.58. The molecule has 4 nitrogen and oxygen atoms in total. The summed E-state index contributed by atoms with van der Waals surface area (Å²) in [6, 6.07) is 1.36. The summed E-state index contributed by atoms with van der Waals surface area (Å²) in [6.07, 6.45) is 2.76. The van der Waals surface area contributed by atoms with Crippen molar-refractivity contribution in [3.8, 4) is 0 Å². The monoisotopic (exact) mass is 256 g/mol. The van der Waals surface area contributed by atoms with Crippen LogP contribution in [-0.4, -0.2) is 48.7 Å². The highest BCUT2D eigenvalue weighted by atomic mass is 16.5. The third kappa shape index (κ3) is 4.25. The minimum atomic E-state index is -0.0774. The molecule has 18 heavy (non-hydrogen) atoms. The van der Waals surface area contributed by atoms with Gasteiger partial charge in [0.25, 0.3) is 0 Å². The summed E-state index contributed by atoms with van der Waals surface area (Å²) in [6.45, 7) is 11.0. The maximum absolute atomic E-state index is 11.6. The SMILES string of the molecule is CCOC(=O)CC(C)N1CC(CC)NCC1CC. The Morgan fingerprint density at radius 3 is 2.67 bits per heavy atom. The van der Waals surface area contributed by atoms with E-state index in [1.807, 2.05) is 6.92 Å². The first-order valence-electron chi connectivity index (χ1n) is 7.27. The maximum Gasteiger partial charge on any atom is 0.307 e. The summed E-state index contributed by atoms with van der Waals surface area (Å²) in [7, 11) is 0. The molecule has 1 saturated heterocycles. The van der Waals surface area contributed by atoms with Crippen LogP contribution >= 0.6 is 0 Å². The van der Waals surface area contributed by atoms with E-state index in [2.05, 4.69) is 31.0 Å². The zero-order chi connectivity index (χ0) is 13.5. The van der Waals surface area contributed by atoms with Gasteiger partial charge in [0.15, 0.2) is 0 Å². The molecule has 0 aliphatic carbocycles. The van der Waals surface area contributed by atoms with E-state index in [-0.39, 0.29) is 12.0 Å². The second kappa shape index (κ2) is 7.74. The molecular weight excluding hydrogens is 228 g/mol. The Morgan fingerprint density at radius 2 is 2.11 bits per heavy atom. The largest absolute Gasteiger partial charge is 0.466 e. The van der Waals surface area contributed by atoms with E-state index in [1.165, 1.54) is 0 Å². The number of esters is 1. The maximum atomic E-state index is 11.6. The number of hydrogen-bond donors (Lipinski definition) is 1. The van der Waals surface area contributed by atoms with Crippen molar-refractivity contribution in [2.75, 3.05) is 19.7 Å². The third-order valence-electron chi connectivity index (χ3n) is 3.84. The summed E-state index contributed by atoms with van der Waals surface area (Å²) in [4.78, 5) is 14.1. The standard InChI is InChI=1S/C14H28N2O2/c1-5-12-10-16(13(6-2)9-15-12)11(4)8-14(17)18-7-3/h11-13,15H,5-10H2,1-4H3. The zero-order valence-electron chi connectivity index (χ0n) is 12.2. The first kappa shape index (κ1) is 15.4. The molecule has 1 rings (SSSR count). The molecule has 0 bridgehead atoms. The smallest absolute Gasteiger partial charge is 0.307 e. The van der Waals surface area contributed by atoms with Crippen LogP contribution in [0.25, 0.3) is 0 Å². The van der Waals surface area contributed by atoms with E-state index < -0.39 is 0 Å². The lowest BCUT2D eigenvalue weighted by Gasteiger charge is -2.43.